The van der Waals surface area contributed by atoms with Crippen LogP contribution in [0, 0.1) is 11.8 Å². The Kier molecular flexibility index (Phi) is 6.22. The standard InChI is InChI=1S/C12H25NO2/c1-10(9-14-2)7-12(13)8-11-3-5-15-6-4-11/h10-12H,3-9,13H2,1-2H3. The molecule has 15 heavy (non-hydrogen) atoms. The predicted molar refractivity (Wildman–Crippen MR) is 61.8 cm³/mol. The highest BCUT2D eigenvalue weighted by Gasteiger charge is 2.18. The molecule has 0 amide bonds. The van der Waals surface area contributed by atoms with Crippen LogP contribution in [0.25, 0.3) is 0 Å². The monoisotopic (exact) mass is 215 g/mol. The second kappa shape index (κ2) is 7.20. The van der Waals surface area contributed by atoms with E-state index in [9.17, 15) is 0 Å². The van der Waals surface area contributed by atoms with Crippen LogP contribution < -0.4 is 5.73 Å². The maximum absolute atomic E-state index is 6.14. The van der Waals surface area contributed by atoms with E-state index in [1.807, 2.05) is 0 Å². The van der Waals surface area contributed by atoms with E-state index in [1.165, 1.54) is 12.8 Å². The molecule has 3 heteroatoms. The van der Waals surface area contributed by atoms with Crippen molar-refractivity contribution < 1.29 is 9.47 Å². The number of hydrogen-bond donors (Lipinski definition) is 1. The van der Waals surface area contributed by atoms with Crippen molar-refractivity contribution >= 4 is 0 Å². The fourth-order valence-electron chi connectivity index (χ4n) is 2.38. The summed E-state index contributed by atoms with van der Waals surface area (Å²) in [6.07, 6.45) is 4.60. The van der Waals surface area contributed by atoms with Gasteiger partial charge in [0.2, 0.25) is 0 Å². The SMILES string of the molecule is COCC(C)CC(N)CC1CCOCC1. The van der Waals surface area contributed by atoms with Crippen molar-refractivity contribution in [2.45, 2.75) is 38.6 Å². The molecule has 1 heterocycles. The summed E-state index contributed by atoms with van der Waals surface area (Å²) in [5, 5.41) is 0. The summed E-state index contributed by atoms with van der Waals surface area (Å²) in [6.45, 7) is 4.87. The van der Waals surface area contributed by atoms with Gasteiger partial charge in [0.05, 0.1) is 0 Å². The number of hydrogen-bond acceptors (Lipinski definition) is 3. The first kappa shape index (κ1) is 12.9. The minimum atomic E-state index is 0.332. The van der Waals surface area contributed by atoms with Gasteiger partial charge < -0.3 is 15.2 Å². The lowest BCUT2D eigenvalue weighted by Gasteiger charge is -2.26. The molecule has 1 aliphatic rings. The van der Waals surface area contributed by atoms with Gasteiger partial charge >= 0.3 is 0 Å². The summed E-state index contributed by atoms with van der Waals surface area (Å²) in [4.78, 5) is 0. The summed E-state index contributed by atoms with van der Waals surface area (Å²) in [5.74, 6) is 1.35. The van der Waals surface area contributed by atoms with Crippen LogP contribution in [0.2, 0.25) is 0 Å². The van der Waals surface area contributed by atoms with Gasteiger partial charge in [0, 0.05) is 33.0 Å². The molecule has 1 rings (SSSR count). The first-order valence-corrected chi connectivity index (χ1v) is 6.04. The zero-order chi connectivity index (χ0) is 11.1. The molecule has 2 N–H and O–H groups in total. The van der Waals surface area contributed by atoms with Gasteiger partial charge in [-0.15, -0.1) is 0 Å². The summed E-state index contributed by atoms with van der Waals surface area (Å²) in [7, 11) is 1.75. The van der Waals surface area contributed by atoms with Crippen molar-refractivity contribution in [1.82, 2.24) is 0 Å². The van der Waals surface area contributed by atoms with Gasteiger partial charge in [-0.3, -0.25) is 0 Å². The maximum atomic E-state index is 6.14. The summed E-state index contributed by atoms with van der Waals surface area (Å²) in [5.41, 5.74) is 6.14. The molecule has 1 fully saturated rings. The van der Waals surface area contributed by atoms with Gasteiger partial charge in [0.1, 0.15) is 0 Å². The maximum Gasteiger partial charge on any atom is 0.0488 e. The van der Waals surface area contributed by atoms with Crippen LogP contribution >= 0.6 is 0 Å². The van der Waals surface area contributed by atoms with Crippen LogP contribution in [0.15, 0.2) is 0 Å². The quantitative estimate of drug-likeness (QED) is 0.735. The van der Waals surface area contributed by atoms with Crippen LogP contribution in [0.1, 0.15) is 32.6 Å². The van der Waals surface area contributed by atoms with Crippen molar-refractivity contribution in [3.63, 3.8) is 0 Å². The molecule has 2 unspecified atom stereocenters. The first-order valence-electron chi connectivity index (χ1n) is 6.04. The van der Waals surface area contributed by atoms with Crippen LogP contribution in [0.5, 0.6) is 0 Å². The fraction of sp³-hybridized carbons (Fsp3) is 1.00. The molecule has 0 radical (unpaired) electrons. The van der Waals surface area contributed by atoms with Gasteiger partial charge in [-0.25, -0.2) is 0 Å². The van der Waals surface area contributed by atoms with Crippen LogP contribution in [-0.4, -0.2) is 33.0 Å². The van der Waals surface area contributed by atoms with E-state index >= 15 is 0 Å². The highest BCUT2D eigenvalue weighted by atomic mass is 16.5. The Morgan fingerprint density at radius 1 is 1.40 bits per heavy atom. The van der Waals surface area contributed by atoms with Crippen molar-refractivity contribution in [3.05, 3.63) is 0 Å². The molecule has 0 saturated carbocycles. The predicted octanol–water partition coefficient (Wildman–Crippen LogP) is 1.80. The van der Waals surface area contributed by atoms with E-state index in [4.69, 9.17) is 15.2 Å². The Labute approximate surface area is 93.3 Å². The number of rotatable bonds is 6. The van der Waals surface area contributed by atoms with Crippen LogP contribution in [-0.2, 0) is 9.47 Å². The van der Waals surface area contributed by atoms with E-state index in [-0.39, 0.29) is 0 Å². The molecule has 0 aliphatic carbocycles. The normalized spacial score (nSPS) is 22.6. The Morgan fingerprint density at radius 2 is 2.07 bits per heavy atom. The molecule has 3 nitrogen and oxygen atoms in total. The third-order valence-electron chi connectivity index (χ3n) is 3.13. The highest BCUT2D eigenvalue weighted by Crippen LogP contribution is 2.21. The van der Waals surface area contributed by atoms with Gasteiger partial charge in [0.15, 0.2) is 0 Å². The Hall–Kier alpha value is -0.120. The van der Waals surface area contributed by atoms with Gasteiger partial charge in [0.25, 0.3) is 0 Å². The molecule has 0 bridgehead atoms. The van der Waals surface area contributed by atoms with Crippen molar-refractivity contribution in [1.29, 1.82) is 0 Å². The van der Waals surface area contributed by atoms with E-state index in [0.717, 1.165) is 38.6 Å². The lowest BCUT2D eigenvalue weighted by Crippen LogP contribution is -2.29. The average molecular weight is 215 g/mol. The van der Waals surface area contributed by atoms with E-state index in [0.29, 0.717) is 12.0 Å². The van der Waals surface area contributed by atoms with Gasteiger partial charge in [-0.05, 0) is 37.5 Å². The Balaban J connectivity index is 2.13. The fourth-order valence-corrected chi connectivity index (χ4v) is 2.38. The summed E-state index contributed by atoms with van der Waals surface area (Å²) >= 11 is 0. The molecule has 1 saturated heterocycles. The second-order valence-electron chi connectivity index (χ2n) is 4.85. The number of nitrogens with two attached hydrogens (primary N) is 1. The zero-order valence-electron chi connectivity index (χ0n) is 10.1. The molecular weight excluding hydrogens is 190 g/mol. The van der Waals surface area contributed by atoms with E-state index in [2.05, 4.69) is 6.92 Å². The van der Waals surface area contributed by atoms with Crippen molar-refractivity contribution in [2.24, 2.45) is 17.6 Å². The third-order valence-corrected chi connectivity index (χ3v) is 3.13. The minimum Gasteiger partial charge on any atom is -0.384 e. The number of ether oxygens (including phenoxy) is 2. The molecule has 0 aromatic carbocycles. The molecular formula is C12H25NO2. The van der Waals surface area contributed by atoms with E-state index in [1.54, 1.807) is 7.11 Å². The topological polar surface area (TPSA) is 44.5 Å². The van der Waals surface area contributed by atoms with Crippen LogP contribution in [0.4, 0.5) is 0 Å². The van der Waals surface area contributed by atoms with Gasteiger partial charge in [-0.2, -0.15) is 0 Å². The third kappa shape index (κ3) is 5.50. The zero-order valence-corrected chi connectivity index (χ0v) is 10.1. The molecule has 0 aromatic rings. The Morgan fingerprint density at radius 3 is 2.67 bits per heavy atom. The molecule has 90 valence electrons. The highest BCUT2D eigenvalue weighted by molar-refractivity contribution is 4.72. The first-order chi connectivity index (χ1) is 7.22. The lowest BCUT2D eigenvalue weighted by atomic mass is 9.89. The minimum absolute atomic E-state index is 0.332. The van der Waals surface area contributed by atoms with Gasteiger partial charge in [-0.1, -0.05) is 6.92 Å². The smallest absolute Gasteiger partial charge is 0.0488 e. The summed E-state index contributed by atoms with van der Waals surface area (Å²) in [6, 6.07) is 0.332. The molecule has 2 atom stereocenters. The molecule has 0 aromatic heterocycles. The molecule has 1 aliphatic heterocycles. The lowest BCUT2D eigenvalue weighted by molar-refractivity contribution is 0.0603. The average Bonchev–Trinajstić information content (AvgIpc) is 2.19. The van der Waals surface area contributed by atoms with Crippen molar-refractivity contribution in [2.75, 3.05) is 26.9 Å². The van der Waals surface area contributed by atoms with E-state index < -0.39 is 0 Å². The number of methoxy groups -OCH3 is 1. The van der Waals surface area contributed by atoms with Crippen molar-refractivity contribution in [3.8, 4) is 0 Å². The molecule has 0 spiro atoms. The Bertz CT molecular complexity index is 158. The largest absolute Gasteiger partial charge is 0.384 e. The van der Waals surface area contributed by atoms with Crippen LogP contribution in [0.3, 0.4) is 0 Å². The second-order valence-corrected chi connectivity index (χ2v) is 4.85. The summed E-state index contributed by atoms with van der Waals surface area (Å²) < 4.78 is 10.5.